The van der Waals surface area contributed by atoms with Gasteiger partial charge in [-0.15, -0.1) is 0 Å². The molecule has 0 aromatic heterocycles. The van der Waals surface area contributed by atoms with Gasteiger partial charge in [-0.1, -0.05) is 142 Å². The summed E-state index contributed by atoms with van der Waals surface area (Å²) in [7, 11) is 0. The monoisotopic (exact) mass is 616 g/mol. The van der Waals surface area contributed by atoms with Gasteiger partial charge in [-0.25, -0.2) is 0 Å². The summed E-state index contributed by atoms with van der Waals surface area (Å²) >= 11 is 10.8. The lowest BCUT2D eigenvalue weighted by Crippen LogP contribution is -2.43. The number of hydrogen-bond acceptors (Lipinski definition) is 7. The van der Waals surface area contributed by atoms with Gasteiger partial charge in [0, 0.05) is 12.8 Å². The van der Waals surface area contributed by atoms with Crippen LogP contribution in [0.4, 0.5) is 0 Å². The molecule has 1 fully saturated rings. The molecule has 0 aromatic rings. The maximum absolute atomic E-state index is 10.7. The van der Waals surface area contributed by atoms with E-state index in [0.29, 0.717) is 16.5 Å². The van der Waals surface area contributed by atoms with Crippen molar-refractivity contribution in [3.05, 3.63) is 0 Å². The zero-order valence-electron chi connectivity index (χ0n) is 26.6. The third-order valence-corrected chi connectivity index (χ3v) is 8.82. The van der Waals surface area contributed by atoms with Gasteiger partial charge in [-0.3, -0.25) is 0 Å². The fraction of sp³-hybridized carbons (Fsp3) is 0.941. The quantitative estimate of drug-likeness (QED) is 0.0670. The summed E-state index contributed by atoms with van der Waals surface area (Å²) in [5.41, 5.74) is 0. The predicted octanol–water partition coefficient (Wildman–Crippen LogP) is 9.57. The first-order valence-corrected chi connectivity index (χ1v) is 18.1. The van der Waals surface area contributed by atoms with Crippen molar-refractivity contribution in [2.75, 3.05) is 13.2 Å². The largest absolute Gasteiger partial charge is 0.484 e. The van der Waals surface area contributed by atoms with Crippen molar-refractivity contribution in [2.24, 2.45) is 0 Å². The molecule has 7 heteroatoms. The fourth-order valence-electron chi connectivity index (χ4n) is 5.52. The molecule has 0 aliphatic carbocycles. The number of unbranched alkanes of at least 4 members (excludes halogenated alkanes) is 20. The first-order chi connectivity index (χ1) is 20.0. The highest BCUT2D eigenvalue weighted by Gasteiger charge is 2.43. The van der Waals surface area contributed by atoms with Crippen LogP contribution < -0.4 is 0 Å². The molecule has 0 spiro atoms. The number of thiocarbonyl (C=S) groups is 2. The Morgan fingerprint density at radius 3 is 1.49 bits per heavy atom. The molecule has 0 bridgehead atoms. The molecule has 0 unspecified atom stereocenters. The summed E-state index contributed by atoms with van der Waals surface area (Å²) in [6.45, 7) is 4.68. The van der Waals surface area contributed by atoms with Crippen molar-refractivity contribution in [1.29, 1.82) is 0 Å². The average Bonchev–Trinajstić information content (AvgIpc) is 3.32. The first kappa shape index (κ1) is 38.7. The van der Waals surface area contributed by atoms with E-state index in [-0.39, 0.29) is 13.2 Å². The lowest BCUT2D eigenvalue weighted by atomic mass is 10.0. The van der Waals surface area contributed by atoms with Crippen molar-refractivity contribution >= 4 is 34.5 Å². The zero-order valence-corrected chi connectivity index (χ0v) is 28.3. The second-order valence-corrected chi connectivity index (χ2v) is 13.1. The van der Waals surface area contributed by atoms with Crippen molar-refractivity contribution in [2.45, 2.75) is 192 Å². The van der Waals surface area contributed by atoms with Gasteiger partial charge in [0.25, 0.3) is 0 Å². The maximum atomic E-state index is 10.7. The standard InChI is InChI=1S/C34H64O5S2/c1-3-5-7-9-11-13-15-17-19-21-23-25-31(40)37-27-29(35)33-34(30(36)28-38-33)39-32(41)26-24-22-20-18-16-14-12-10-8-6-4-2/h29-30,33-36H,3-28H2,1-2H3/t29-,30+,33+,34+/m0/s1. The van der Waals surface area contributed by atoms with Crippen LogP contribution in [0.5, 0.6) is 0 Å². The smallest absolute Gasteiger partial charge is 0.160 e. The normalized spacial score (nSPS) is 19.4. The minimum absolute atomic E-state index is 0.0411. The lowest BCUT2D eigenvalue weighted by molar-refractivity contribution is -0.0620. The Morgan fingerprint density at radius 2 is 1.05 bits per heavy atom. The average molecular weight is 617 g/mol. The van der Waals surface area contributed by atoms with Crippen LogP contribution in [0.2, 0.25) is 0 Å². The van der Waals surface area contributed by atoms with Crippen LogP contribution in [0.3, 0.4) is 0 Å². The number of rotatable bonds is 28. The number of ether oxygens (including phenoxy) is 3. The van der Waals surface area contributed by atoms with Crippen molar-refractivity contribution in [3.8, 4) is 0 Å². The molecule has 1 aliphatic heterocycles. The molecule has 1 saturated heterocycles. The minimum atomic E-state index is -0.933. The van der Waals surface area contributed by atoms with Gasteiger partial charge in [0.1, 0.15) is 24.9 Å². The van der Waals surface area contributed by atoms with E-state index in [1.165, 1.54) is 116 Å². The van der Waals surface area contributed by atoms with E-state index in [0.717, 1.165) is 32.1 Å². The summed E-state index contributed by atoms with van der Waals surface area (Å²) in [5.74, 6) is 0. The third-order valence-electron chi connectivity index (χ3n) is 8.19. The van der Waals surface area contributed by atoms with E-state index in [1.807, 2.05) is 0 Å². The van der Waals surface area contributed by atoms with Crippen molar-refractivity contribution in [3.63, 3.8) is 0 Å². The maximum Gasteiger partial charge on any atom is 0.160 e. The molecule has 0 aromatic carbocycles. The molecule has 2 N–H and O–H groups in total. The number of aliphatic hydroxyl groups excluding tert-OH is 2. The topological polar surface area (TPSA) is 68.2 Å². The first-order valence-electron chi connectivity index (χ1n) is 17.3. The molecule has 1 rings (SSSR count). The second-order valence-electron chi connectivity index (χ2n) is 12.1. The Balaban J connectivity index is 2.09. The second kappa shape index (κ2) is 27.2. The van der Waals surface area contributed by atoms with E-state index >= 15 is 0 Å². The van der Waals surface area contributed by atoms with Crippen LogP contribution in [0.25, 0.3) is 0 Å². The Labute approximate surface area is 263 Å². The zero-order chi connectivity index (χ0) is 30.0. The Bertz CT molecular complexity index is 632. The summed E-state index contributed by atoms with van der Waals surface area (Å²) in [6, 6.07) is 0. The van der Waals surface area contributed by atoms with Crippen LogP contribution in [0, 0.1) is 0 Å². The van der Waals surface area contributed by atoms with Crippen LogP contribution >= 0.6 is 24.4 Å². The fourth-order valence-corrected chi connectivity index (χ4v) is 5.98. The van der Waals surface area contributed by atoms with Gasteiger partial charge in [-0.05, 0) is 37.3 Å². The number of hydrogen-bond donors (Lipinski definition) is 2. The van der Waals surface area contributed by atoms with Gasteiger partial charge >= 0.3 is 0 Å². The van der Waals surface area contributed by atoms with Gasteiger partial charge in [0.15, 0.2) is 16.2 Å². The van der Waals surface area contributed by atoms with Crippen LogP contribution in [0.1, 0.15) is 168 Å². The highest BCUT2D eigenvalue weighted by molar-refractivity contribution is 7.80. The highest BCUT2D eigenvalue weighted by Crippen LogP contribution is 2.23. The Hall–Kier alpha value is -0.340. The van der Waals surface area contributed by atoms with Crippen molar-refractivity contribution < 1.29 is 24.4 Å². The van der Waals surface area contributed by atoms with Crippen molar-refractivity contribution in [1.82, 2.24) is 0 Å². The predicted molar refractivity (Wildman–Crippen MR) is 180 cm³/mol. The molecule has 0 amide bonds. The summed E-state index contributed by atoms with van der Waals surface area (Å²) in [6.07, 6.45) is 26.7. The van der Waals surface area contributed by atoms with Gasteiger partial charge in [0.2, 0.25) is 0 Å². The summed E-state index contributed by atoms with van der Waals surface area (Å²) in [4.78, 5) is 0. The lowest BCUT2D eigenvalue weighted by Gasteiger charge is -2.26. The molecular weight excluding hydrogens is 553 g/mol. The molecule has 242 valence electrons. The highest BCUT2D eigenvalue weighted by atomic mass is 32.1. The SMILES string of the molecule is CCCCCCCCCCCCCC(=S)OC[C@H](O)[C@H]1OC[C@@H](O)[C@H]1OC(=S)CCCCCCCCCCCCC. The molecule has 4 atom stereocenters. The molecule has 1 aliphatic rings. The van der Waals surface area contributed by atoms with Crippen LogP contribution in [-0.4, -0.2) is 57.9 Å². The van der Waals surface area contributed by atoms with Crippen LogP contribution in [0.15, 0.2) is 0 Å². The molecule has 41 heavy (non-hydrogen) atoms. The minimum Gasteiger partial charge on any atom is -0.484 e. The van der Waals surface area contributed by atoms with Gasteiger partial charge in [-0.2, -0.15) is 0 Å². The molecule has 5 nitrogen and oxygen atoms in total. The molecule has 1 heterocycles. The van der Waals surface area contributed by atoms with E-state index in [1.54, 1.807) is 0 Å². The summed E-state index contributed by atoms with van der Waals surface area (Å²) < 4.78 is 17.2. The van der Waals surface area contributed by atoms with Crippen LogP contribution in [-0.2, 0) is 14.2 Å². The van der Waals surface area contributed by atoms with Gasteiger partial charge in [0.05, 0.1) is 6.61 Å². The Morgan fingerprint density at radius 1 is 0.659 bits per heavy atom. The van der Waals surface area contributed by atoms with E-state index in [2.05, 4.69) is 13.8 Å². The summed E-state index contributed by atoms with van der Waals surface area (Å²) in [5, 5.41) is 22.1. The van der Waals surface area contributed by atoms with E-state index in [9.17, 15) is 10.2 Å². The van der Waals surface area contributed by atoms with E-state index < -0.39 is 24.4 Å². The van der Waals surface area contributed by atoms with E-state index in [4.69, 9.17) is 38.6 Å². The Kier molecular flexibility index (Phi) is 25.7. The molecular formula is C34H64O5S2. The van der Waals surface area contributed by atoms with Gasteiger partial charge < -0.3 is 24.4 Å². The third kappa shape index (κ3) is 21.1. The molecule has 0 saturated carbocycles. The number of aliphatic hydroxyl groups is 2. The molecule has 0 radical (unpaired) electrons.